The second-order valence-electron chi connectivity index (χ2n) is 10.1. The van der Waals surface area contributed by atoms with Crippen molar-refractivity contribution < 1.29 is 57.1 Å². The van der Waals surface area contributed by atoms with Crippen molar-refractivity contribution in [2.24, 2.45) is 0 Å². The molecule has 0 aliphatic carbocycles. The third kappa shape index (κ3) is 31.8. The van der Waals surface area contributed by atoms with E-state index in [1.54, 1.807) is 78.6 Å². The first-order chi connectivity index (χ1) is 30.6. The van der Waals surface area contributed by atoms with E-state index in [1.807, 2.05) is 55.1 Å². The summed E-state index contributed by atoms with van der Waals surface area (Å²) < 4.78 is 34.7. The Kier molecular flexibility index (Phi) is 49.8. The van der Waals surface area contributed by atoms with Gasteiger partial charge in [-0.05, 0) is 0 Å². The number of hydrogen-bond acceptors (Lipinski definition) is 30. The van der Waals surface area contributed by atoms with Gasteiger partial charge in [0.2, 0.25) is 53.5 Å². The predicted molar refractivity (Wildman–Crippen MR) is 237 cm³/mol. The molecule has 0 saturated carbocycles. The summed E-state index contributed by atoms with van der Waals surface area (Å²) in [5, 5.41) is 17.3. The third-order valence-corrected chi connectivity index (χ3v) is 5.81. The van der Waals surface area contributed by atoms with E-state index >= 15 is 0 Å². The molecule has 0 aliphatic rings. The van der Waals surface area contributed by atoms with Crippen LogP contribution in [0.2, 0.25) is 0 Å². The molecular formula is C33H66N18O12. The van der Waals surface area contributed by atoms with Gasteiger partial charge in [0.05, 0.1) is 0 Å². The molecule has 0 spiro atoms. The van der Waals surface area contributed by atoms with Gasteiger partial charge < -0.3 is 104 Å². The number of nitrogens with one attached hydrogen (secondary N) is 6. The van der Waals surface area contributed by atoms with E-state index in [0.717, 1.165) is 0 Å². The summed E-state index contributed by atoms with van der Waals surface area (Å²) in [5.74, 6) is 4.20. The first-order valence-corrected chi connectivity index (χ1v) is 17.2. The molecule has 0 aromatic carbocycles. The molecule has 3 rings (SSSR count). The summed E-state index contributed by atoms with van der Waals surface area (Å²) >= 11 is 0. The minimum atomic E-state index is 0.310. The minimum Gasteiger partial charge on any atom is -0.364 e. The van der Waals surface area contributed by atoms with Gasteiger partial charge in [-0.2, -0.15) is 44.9 Å². The lowest BCUT2D eigenvalue weighted by Crippen LogP contribution is -2.27. The summed E-state index contributed by atoms with van der Waals surface area (Å²) in [5.41, 5.74) is 0. The van der Waals surface area contributed by atoms with Crippen molar-refractivity contribution >= 4 is 87.5 Å². The van der Waals surface area contributed by atoms with Crippen molar-refractivity contribution in [3.05, 3.63) is 0 Å². The number of methoxy groups -OCH3 is 7. The Morgan fingerprint density at radius 2 is 0.556 bits per heavy atom. The van der Waals surface area contributed by atoms with Crippen molar-refractivity contribution in [3.63, 3.8) is 0 Å². The Hall–Kier alpha value is -6.70. The van der Waals surface area contributed by atoms with Gasteiger partial charge in [-0.3, -0.25) is 0 Å². The van der Waals surface area contributed by atoms with Crippen molar-refractivity contribution in [3.8, 4) is 0 Å². The Morgan fingerprint density at radius 1 is 0.349 bits per heavy atom. The average Bonchev–Trinajstić information content (AvgIpc) is 3.34. The number of carbonyl (C=O) groups excluding carboxylic acids is 5. The molecule has 360 valence electrons. The Bertz CT molecular complexity index is 1430. The van der Waals surface area contributed by atoms with Gasteiger partial charge in [0.25, 0.3) is 0 Å². The first kappa shape index (κ1) is 65.4. The number of rotatable bonds is 23. The van der Waals surface area contributed by atoms with Crippen LogP contribution in [0.25, 0.3) is 0 Å². The maximum absolute atomic E-state index is 8.00. The van der Waals surface area contributed by atoms with Crippen LogP contribution in [0.5, 0.6) is 0 Å². The van der Waals surface area contributed by atoms with Crippen molar-refractivity contribution in [2.45, 2.75) is 0 Å². The highest BCUT2D eigenvalue weighted by Gasteiger charge is 2.13. The largest absolute Gasteiger partial charge is 0.364 e. The van der Waals surface area contributed by atoms with Gasteiger partial charge in [-0.15, -0.1) is 0 Å². The SMILES string of the molecule is C=O.C=O.C=O.C=O.C=O.CNc1nc(NCOC)nc(N(C)COC)n1.CNc1nc(NCOC)nc(NCOC)n1.COCNc1nc(N(C)COC)nc(N(C)COC)n1. The fourth-order valence-electron chi connectivity index (χ4n) is 3.45. The third-order valence-electron chi connectivity index (χ3n) is 5.81. The summed E-state index contributed by atoms with van der Waals surface area (Å²) in [6.07, 6.45) is 0. The zero-order chi connectivity index (χ0) is 49.4. The van der Waals surface area contributed by atoms with E-state index in [2.05, 4.69) is 76.8 Å². The summed E-state index contributed by atoms with van der Waals surface area (Å²) in [6.45, 7) is 12.5. The molecular weight excluding hydrogens is 840 g/mol. The van der Waals surface area contributed by atoms with Crippen LogP contribution in [0, 0.1) is 0 Å². The van der Waals surface area contributed by atoms with Crippen molar-refractivity contribution in [2.75, 3.05) is 179 Å². The number of anilines is 9. The number of aromatic nitrogens is 9. The highest BCUT2D eigenvalue weighted by molar-refractivity contribution is 5.45. The van der Waals surface area contributed by atoms with E-state index in [4.69, 9.17) is 57.1 Å². The van der Waals surface area contributed by atoms with Crippen LogP contribution in [0.1, 0.15) is 0 Å². The lowest BCUT2D eigenvalue weighted by molar-refractivity contribution is -0.0987. The van der Waals surface area contributed by atoms with Crippen molar-refractivity contribution in [1.82, 2.24) is 44.9 Å². The van der Waals surface area contributed by atoms with Crippen LogP contribution in [0.4, 0.5) is 53.5 Å². The van der Waals surface area contributed by atoms with Crippen molar-refractivity contribution in [1.29, 1.82) is 0 Å². The molecule has 6 N–H and O–H groups in total. The normalized spacial score (nSPS) is 8.89. The Labute approximate surface area is 368 Å². The fourth-order valence-corrected chi connectivity index (χ4v) is 3.45. The molecule has 0 saturated heterocycles. The minimum absolute atomic E-state index is 0.310. The first-order valence-electron chi connectivity index (χ1n) is 17.2. The smallest absolute Gasteiger partial charge is 0.233 e. The summed E-state index contributed by atoms with van der Waals surface area (Å²) in [4.78, 5) is 83.1. The highest BCUT2D eigenvalue weighted by Crippen LogP contribution is 2.15. The molecule has 0 atom stereocenters. The second kappa shape index (κ2) is 48.0. The van der Waals surface area contributed by atoms with Gasteiger partial charge in [0, 0.05) is 85.0 Å². The van der Waals surface area contributed by atoms with Crippen LogP contribution in [0.3, 0.4) is 0 Å². The molecule has 63 heavy (non-hydrogen) atoms. The fraction of sp³-hybridized carbons (Fsp3) is 0.576. The number of nitrogens with zero attached hydrogens (tertiary/aromatic N) is 12. The van der Waals surface area contributed by atoms with Crippen LogP contribution < -0.4 is 46.6 Å². The highest BCUT2D eigenvalue weighted by atomic mass is 16.5. The molecule has 3 heterocycles. The maximum Gasteiger partial charge on any atom is 0.233 e. The predicted octanol–water partition coefficient (Wildman–Crippen LogP) is -1.04. The summed E-state index contributed by atoms with van der Waals surface area (Å²) in [6, 6.07) is 0. The molecule has 30 nitrogen and oxygen atoms in total. The number of hydrogen-bond donors (Lipinski definition) is 6. The molecule has 30 heteroatoms. The molecule has 0 bridgehead atoms. The monoisotopic (exact) mass is 907 g/mol. The quantitative estimate of drug-likeness (QED) is 0.0619. The zero-order valence-corrected chi connectivity index (χ0v) is 38.3. The lowest BCUT2D eigenvalue weighted by Gasteiger charge is -2.20. The number of ether oxygens (including phenoxy) is 7. The van der Waals surface area contributed by atoms with Crippen LogP contribution in [0.15, 0.2) is 0 Å². The lowest BCUT2D eigenvalue weighted by atomic mass is 10.7. The molecule has 0 radical (unpaired) electrons. The van der Waals surface area contributed by atoms with E-state index < -0.39 is 0 Å². The van der Waals surface area contributed by atoms with Crippen LogP contribution >= 0.6 is 0 Å². The van der Waals surface area contributed by atoms with Gasteiger partial charge in [0.1, 0.15) is 81.1 Å². The van der Waals surface area contributed by atoms with E-state index in [9.17, 15) is 0 Å². The summed E-state index contributed by atoms with van der Waals surface area (Å²) in [7, 11) is 20.1. The van der Waals surface area contributed by atoms with Crippen LogP contribution in [-0.2, 0) is 57.1 Å². The second-order valence-corrected chi connectivity index (χ2v) is 10.1. The van der Waals surface area contributed by atoms with Gasteiger partial charge in [-0.25, -0.2) is 0 Å². The van der Waals surface area contributed by atoms with E-state index in [0.29, 0.717) is 101 Å². The van der Waals surface area contributed by atoms with Gasteiger partial charge in [-0.1, -0.05) is 0 Å². The molecule has 3 aromatic heterocycles. The van der Waals surface area contributed by atoms with Crippen LogP contribution in [-0.4, -0.2) is 211 Å². The number of carbonyl (C=O) groups is 5. The molecule has 0 unspecified atom stereocenters. The Morgan fingerprint density at radius 3 is 0.810 bits per heavy atom. The van der Waals surface area contributed by atoms with Gasteiger partial charge >= 0.3 is 0 Å². The van der Waals surface area contributed by atoms with Gasteiger partial charge in [0.15, 0.2) is 0 Å². The topological polar surface area (TPSA) is 348 Å². The molecule has 3 aromatic rings. The molecule has 0 aliphatic heterocycles. The van der Waals surface area contributed by atoms with E-state index in [-0.39, 0.29) is 0 Å². The van der Waals surface area contributed by atoms with E-state index in [1.165, 1.54) is 0 Å². The average molecular weight is 907 g/mol. The standard InChI is InChI=1S/C11H22N6O3.C9H18N6O2.C8H16N6O2.5CH2O/c1-16(7-19-4)10-13-9(12-6-18-3)14-11(15-10)17(2)8-20-5;1-10-7-12-8(11-5-16-3)14-9(13-7)15(2)6-17-4;1-9-6-12-7(10-4-15-2)14-8(13-6)11-5-16-3;5*1-2/h6-8H2,1-5H3,(H,12,13,14,15);5-6H2,1-4H3,(H2,10,11,12,13,14);4-5H2,1-3H3,(H3,9,10,11,12,13,14);5*1H2. The molecule has 0 amide bonds. The maximum atomic E-state index is 8.00. The zero-order valence-electron chi connectivity index (χ0n) is 38.3. The Balaban J connectivity index is -0.000000243. The molecule has 0 fully saturated rings.